The van der Waals surface area contributed by atoms with E-state index >= 15 is 0 Å². The Labute approximate surface area is 108 Å². The highest BCUT2D eigenvalue weighted by Gasteiger charge is 2.12. The lowest BCUT2D eigenvalue weighted by Gasteiger charge is -2.03. The van der Waals surface area contributed by atoms with Crippen LogP contribution in [-0.4, -0.2) is 4.92 Å². The smallest absolute Gasteiger partial charge is 0.288 e. The minimum Gasteiger partial charge on any atom is -0.467 e. The molecule has 94 valence electrons. The summed E-state index contributed by atoms with van der Waals surface area (Å²) in [7, 11) is 0. The summed E-state index contributed by atoms with van der Waals surface area (Å²) >= 11 is 5.71. The summed E-state index contributed by atoms with van der Waals surface area (Å²) < 4.78 is 10.5. The van der Waals surface area contributed by atoms with Crippen LogP contribution in [0.5, 0.6) is 0 Å². The normalized spacial score (nSPS) is 10.5. The van der Waals surface area contributed by atoms with E-state index < -0.39 is 4.92 Å². The Morgan fingerprint density at radius 1 is 1.33 bits per heavy atom. The summed E-state index contributed by atoms with van der Waals surface area (Å²) in [6.07, 6.45) is 1.56. The Balaban J connectivity index is 1.97. The van der Waals surface area contributed by atoms with Crippen molar-refractivity contribution in [3.05, 3.63) is 63.1 Å². The van der Waals surface area contributed by atoms with Gasteiger partial charge in [0.25, 0.3) is 5.69 Å². The van der Waals surface area contributed by atoms with E-state index in [0.29, 0.717) is 17.9 Å². The van der Waals surface area contributed by atoms with Gasteiger partial charge in [-0.3, -0.25) is 10.1 Å². The number of rotatable bonds is 5. The Morgan fingerprint density at radius 2 is 2.17 bits per heavy atom. The van der Waals surface area contributed by atoms with Crippen LogP contribution in [0, 0.1) is 10.1 Å². The highest BCUT2D eigenvalue weighted by Crippen LogP contribution is 2.25. The minimum atomic E-state index is -0.516. The molecule has 0 fully saturated rings. The summed E-state index contributed by atoms with van der Waals surface area (Å²) in [4.78, 5) is 10.2. The van der Waals surface area contributed by atoms with Gasteiger partial charge in [0, 0.05) is 6.07 Å². The fourth-order valence-corrected chi connectivity index (χ4v) is 1.64. The van der Waals surface area contributed by atoms with Gasteiger partial charge in [0.05, 0.1) is 17.8 Å². The van der Waals surface area contributed by atoms with Crippen LogP contribution in [-0.2, 0) is 18.0 Å². The molecule has 1 aromatic carbocycles. The Morgan fingerprint density at radius 3 is 2.83 bits per heavy atom. The van der Waals surface area contributed by atoms with Gasteiger partial charge in [-0.15, -0.1) is 0 Å². The maximum absolute atomic E-state index is 10.7. The first-order valence-corrected chi connectivity index (χ1v) is 5.57. The predicted octanol–water partition coefficient (Wildman–Crippen LogP) is 3.56. The van der Waals surface area contributed by atoms with Crippen LogP contribution in [0.15, 0.2) is 41.0 Å². The first-order valence-electron chi connectivity index (χ1n) is 5.20. The minimum absolute atomic E-state index is 0.115. The maximum atomic E-state index is 10.7. The average Bonchev–Trinajstić information content (AvgIpc) is 2.84. The van der Waals surface area contributed by atoms with Crippen LogP contribution in [0.2, 0.25) is 5.02 Å². The number of benzene rings is 1. The maximum Gasteiger partial charge on any atom is 0.288 e. The van der Waals surface area contributed by atoms with Crippen LogP contribution in [0.1, 0.15) is 11.3 Å². The van der Waals surface area contributed by atoms with E-state index in [4.69, 9.17) is 20.8 Å². The quantitative estimate of drug-likeness (QED) is 0.614. The monoisotopic (exact) mass is 267 g/mol. The van der Waals surface area contributed by atoms with E-state index in [1.807, 2.05) is 0 Å². The zero-order chi connectivity index (χ0) is 13.0. The molecule has 0 radical (unpaired) electrons. The zero-order valence-corrected chi connectivity index (χ0v) is 10.1. The van der Waals surface area contributed by atoms with E-state index in [9.17, 15) is 10.1 Å². The molecule has 2 rings (SSSR count). The second kappa shape index (κ2) is 5.66. The van der Waals surface area contributed by atoms with Crippen LogP contribution in [0.4, 0.5) is 5.69 Å². The van der Waals surface area contributed by atoms with E-state index in [2.05, 4.69) is 0 Å². The van der Waals surface area contributed by atoms with Crippen LogP contribution >= 0.6 is 11.6 Å². The van der Waals surface area contributed by atoms with Crippen molar-refractivity contribution in [1.29, 1.82) is 0 Å². The molecular weight excluding hydrogens is 258 g/mol. The highest BCUT2D eigenvalue weighted by atomic mass is 35.5. The van der Waals surface area contributed by atoms with E-state index in [1.54, 1.807) is 24.5 Å². The largest absolute Gasteiger partial charge is 0.467 e. The zero-order valence-electron chi connectivity index (χ0n) is 9.34. The molecule has 0 aliphatic heterocycles. The van der Waals surface area contributed by atoms with Crippen molar-refractivity contribution in [3.63, 3.8) is 0 Å². The molecule has 0 atom stereocenters. The van der Waals surface area contributed by atoms with Crippen molar-refractivity contribution < 1.29 is 14.1 Å². The molecule has 0 aliphatic carbocycles. The van der Waals surface area contributed by atoms with Crippen molar-refractivity contribution in [3.8, 4) is 0 Å². The molecule has 6 heteroatoms. The number of furan rings is 1. The summed E-state index contributed by atoms with van der Waals surface area (Å²) in [6.45, 7) is 0.585. The lowest BCUT2D eigenvalue weighted by molar-refractivity contribution is -0.384. The number of hydrogen-bond acceptors (Lipinski definition) is 4. The van der Waals surface area contributed by atoms with Gasteiger partial charge in [0.2, 0.25) is 0 Å². The summed E-state index contributed by atoms with van der Waals surface area (Å²) in [6, 6.07) is 8.16. The fraction of sp³-hybridized carbons (Fsp3) is 0.167. The first-order chi connectivity index (χ1) is 8.66. The van der Waals surface area contributed by atoms with Gasteiger partial charge in [-0.05, 0) is 23.8 Å². The molecule has 0 saturated heterocycles. The lowest BCUT2D eigenvalue weighted by atomic mass is 10.2. The molecule has 0 aliphatic rings. The SMILES string of the molecule is O=[N+]([O-])c1cc(COCc2ccco2)ccc1Cl. The van der Waals surface area contributed by atoms with Crippen molar-refractivity contribution in [2.75, 3.05) is 0 Å². The number of halogens is 1. The molecule has 0 amide bonds. The van der Waals surface area contributed by atoms with Crippen molar-refractivity contribution in [2.24, 2.45) is 0 Å². The van der Waals surface area contributed by atoms with Gasteiger partial charge >= 0.3 is 0 Å². The number of nitro groups is 1. The molecule has 0 N–H and O–H groups in total. The second-order valence-corrected chi connectivity index (χ2v) is 4.02. The molecule has 0 bridgehead atoms. The predicted molar refractivity (Wildman–Crippen MR) is 65.3 cm³/mol. The standard InChI is InChI=1S/C12H10ClNO4/c13-11-4-3-9(6-12(11)14(15)16)7-17-8-10-2-1-5-18-10/h1-6H,7-8H2. The fourth-order valence-electron chi connectivity index (χ4n) is 1.45. The van der Waals surface area contributed by atoms with Crippen LogP contribution in [0.3, 0.4) is 0 Å². The third-order valence-electron chi connectivity index (χ3n) is 2.30. The number of ether oxygens (including phenoxy) is 1. The van der Waals surface area contributed by atoms with Crippen molar-refractivity contribution in [1.82, 2.24) is 0 Å². The molecule has 1 aromatic heterocycles. The van der Waals surface area contributed by atoms with E-state index in [-0.39, 0.29) is 17.3 Å². The van der Waals surface area contributed by atoms with Crippen LogP contribution in [0.25, 0.3) is 0 Å². The van der Waals surface area contributed by atoms with Gasteiger partial charge in [-0.1, -0.05) is 17.7 Å². The summed E-state index contributed by atoms with van der Waals surface area (Å²) in [5.74, 6) is 0.707. The Bertz CT molecular complexity index is 539. The molecule has 0 spiro atoms. The molecule has 2 aromatic rings. The van der Waals surface area contributed by atoms with Gasteiger partial charge in [0.15, 0.2) is 0 Å². The molecule has 1 heterocycles. The van der Waals surface area contributed by atoms with Crippen LogP contribution < -0.4 is 0 Å². The highest BCUT2D eigenvalue weighted by molar-refractivity contribution is 6.32. The summed E-state index contributed by atoms with van der Waals surface area (Å²) in [5, 5.41) is 10.8. The van der Waals surface area contributed by atoms with Gasteiger partial charge in [-0.2, -0.15) is 0 Å². The molecule has 5 nitrogen and oxygen atoms in total. The number of hydrogen-bond donors (Lipinski definition) is 0. The molecule has 18 heavy (non-hydrogen) atoms. The number of nitrogens with zero attached hydrogens (tertiary/aromatic N) is 1. The van der Waals surface area contributed by atoms with Crippen molar-refractivity contribution in [2.45, 2.75) is 13.2 Å². The topological polar surface area (TPSA) is 65.5 Å². The Kier molecular flexibility index (Phi) is 3.96. The summed E-state index contributed by atoms with van der Waals surface area (Å²) in [5.41, 5.74) is 0.577. The van der Waals surface area contributed by atoms with E-state index in [0.717, 1.165) is 0 Å². The van der Waals surface area contributed by atoms with Crippen molar-refractivity contribution >= 4 is 17.3 Å². The first kappa shape index (κ1) is 12.6. The average molecular weight is 268 g/mol. The molecule has 0 saturated carbocycles. The molecular formula is C12H10ClNO4. The Hall–Kier alpha value is -1.85. The lowest BCUT2D eigenvalue weighted by Crippen LogP contribution is -1.95. The molecule has 0 unspecified atom stereocenters. The number of nitro benzene ring substituents is 1. The van der Waals surface area contributed by atoms with Gasteiger partial charge in [0.1, 0.15) is 17.4 Å². The van der Waals surface area contributed by atoms with Gasteiger partial charge < -0.3 is 9.15 Å². The third kappa shape index (κ3) is 3.09. The third-order valence-corrected chi connectivity index (χ3v) is 2.62. The second-order valence-electron chi connectivity index (χ2n) is 3.62. The van der Waals surface area contributed by atoms with E-state index in [1.165, 1.54) is 12.1 Å². The van der Waals surface area contributed by atoms with Gasteiger partial charge in [-0.25, -0.2) is 0 Å².